The molecule has 15 heavy (non-hydrogen) atoms. The van der Waals surface area contributed by atoms with Crippen LogP contribution in [-0.4, -0.2) is 31.3 Å². The molecule has 2 amide bonds. The minimum Gasteiger partial charge on any atom is -0.379 e. The molecular weight excluding hydrogens is 192 g/mol. The van der Waals surface area contributed by atoms with E-state index in [-0.39, 0.29) is 18.1 Å². The van der Waals surface area contributed by atoms with Crippen molar-refractivity contribution < 1.29 is 9.53 Å². The highest BCUT2D eigenvalue weighted by molar-refractivity contribution is 5.74. The Morgan fingerprint density at radius 3 is 2.73 bits per heavy atom. The van der Waals surface area contributed by atoms with E-state index in [0.29, 0.717) is 12.5 Å². The summed E-state index contributed by atoms with van der Waals surface area (Å²) in [6, 6.07) is 0.349. The number of nitrogens with one attached hydrogen (secondary N) is 2. The summed E-state index contributed by atoms with van der Waals surface area (Å²) in [5, 5.41) is 5.84. The number of hydrogen-bond donors (Lipinski definition) is 2. The molecule has 1 saturated heterocycles. The van der Waals surface area contributed by atoms with E-state index in [9.17, 15) is 4.79 Å². The van der Waals surface area contributed by atoms with Gasteiger partial charge in [-0.3, -0.25) is 0 Å². The van der Waals surface area contributed by atoms with Gasteiger partial charge in [-0.1, -0.05) is 13.8 Å². The molecule has 0 aromatic rings. The van der Waals surface area contributed by atoms with E-state index in [4.69, 9.17) is 4.74 Å². The average molecular weight is 214 g/mol. The molecule has 0 aliphatic carbocycles. The van der Waals surface area contributed by atoms with Crippen molar-refractivity contribution in [2.24, 2.45) is 5.92 Å². The lowest BCUT2D eigenvalue weighted by Crippen LogP contribution is -2.45. The number of ether oxygens (including phenoxy) is 1. The molecule has 0 aromatic heterocycles. The van der Waals surface area contributed by atoms with E-state index in [1.807, 2.05) is 6.92 Å². The first-order valence-electron chi connectivity index (χ1n) is 5.72. The summed E-state index contributed by atoms with van der Waals surface area (Å²) in [5.41, 5.74) is 0. The number of urea groups is 1. The van der Waals surface area contributed by atoms with Gasteiger partial charge in [-0.05, 0) is 25.7 Å². The maximum absolute atomic E-state index is 11.5. The third kappa shape index (κ3) is 5.02. The molecule has 88 valence electrons. The molecular formula is C11H22N2O2. The number of rotatable bonds is 4. The van der Waals surface area contributed by atoms with Crippen molar-refractivity contribution in [2.75, 3.05) is 13.2 Å². The summed E-state index contributed by atoms with van der Waals surface area (Å²) in [6.45, 7) is 7.74. The molecule has 1 aliphatic heterocycles. The minimum atomic E-state index is -0.0707. The van der Waals surface area contributed by atoms with Crippen LogP contribution in [0.5, 0.6) is 0 Å². The molecule has 0 spiro atoms. The van der Waals surface area contributed by atoms with E-state index in [0.717, 1.165) is 19.4 Å². The number of carbonyl (C=O) groups is 1. The molecule has 2 N–H and O–H groups in total. The molecule has 1 fully saturated rings. The van der Waals surface area contributed by atoms with Crippen LogP contribution in [0.3, 0.4) is 0 Å². The highest BCUT2D eigenvalue weighted by Gasteiger charge is 2.18. The first-order chi connectivity index (χ1) is 7.08. The lowest BCUT2D eigenvalue weighted by Gasteiger charge is -2.18. The van der Waals surface area contributed by atoms with Gasteiger partial charge in [0.2, 0.25) is 0 Å². The SMILES string of the molecule is CC(C)CC(C)NC(=O)NC1CCOC1. The Kier molecular flexibility index (Phi) is 4.88. The summed E-state index contributed by atoms with van der Waals surface area (Å²) in [4.78, 5) is 11.5. The van der Waals surface area contributed by atoms with Gasteiger partial charge >= 0.3 is 6.03 Å². The van der Waals surface area contributed by atoms with E-state index in [1.165, 1.54) is 0 Å². The van der Waals surface area contributed by atoms with Gasteiger partial charge in [0.05, 0.1) is 12.6 Å². The smallest absolute Gasteiger partial charge is 0.315 e. The predicted octanol–water partition coefficient (Wildman–Crippen LogP) is 1.51. The molecule has 0 radical (unpaired) electrons. The van der Waals surface area contributed by atoms with Crippen LogP contribution in [0.25, 0.3) is 0 Å². The summed E-state index contributed by atoms with van der Waals surface area (Å²) in [6.07, 6.45) is 1.93. The van der Waals surface area contributed by atoms with E-state index in [1.54, 1.807) is 0 Å². The van der Waals surface area contributed by atoms with Gasteiger partial charge in [-0.25, -0.2) is 4.79 Å². The van der Waals surface area contributed by atoms with E-state index < -0.39 is 0 Å². The molecule has 1 rings (SSSR count). The Balaban J connectivity index is 2.16. The van der Waals surface area contributed by atoms with Crippen molar-refractivity contribution >= 4 is 6.03 Å². The molecule has 0 bridgehead atoms. The first kappa shape index (κ1) is 12.3. The van der Waals surface area contributed by atoms with E-state index >= 15 is 0 Å². The molecule has 4 heteroatoms. The van der Waals surface area contributed by atoms with Crippen LogP contribution in [0.4, 0.5) is 4.79 Å². The molecule has 0 aromatic carbocycles. The van der Waals surface area contributed by atoms with Gasteiger partial charge in [-0.2, -0.15) is 0 Å². The second-order valence-electron chi connectivity index (χ2n) is 4.71. The summed E-state index contributed by atoms with van der Waals surface area (Å²) >= 11 is 0. The van der Waals surface area contributed by atoms with Gasteiger partial charge in [0.15, 0.2) is 0 Å². The van der Waals surface area contributed by atoms with Gasteiger partial charge in [0.1, 0.15) is 0 Å². The Hall–Kier alpha value is -0.770. The van der Waals surface area contributed by atoms with Crippen molar-refractivity contribution in [3.8, 4) is 0 Å². The lowest BCUT2D eigenvalue weighted by molar-refractivity contribution is 0.188. The molecule has 1 heterocycles. The second kappa shape index (κ2) is 5.95. The quantitative estimate of drug-likeness (QED) is 0.745. The maximum atomic E-state index is 11.5. The highest BCUT2D eigenvalue weighted by Crippen LogP contribution is 2.05. The largest absolute Gasteiger partial charge is 0.379 e. The Morgan fingerprint density at radius 2 is 2.20 bits per heavy atom. The van der Waals surface area contributed by atoms with Crippen LogP contribution in [-0.2, 0) is 4.74 Å². The summed E-state index contributed by atoms with van der Waals surface area (Å²) < 4.78 is 5.19. The van der Waals surface area contributed by atoms with Crippen molar-refractivity contribution in [1.29, 1.82) is 0 Å². The van der Waals surface area contributed by atoms with Crippen molar-refractivity contribution in [1.82, 2.24) is 10.6 Å². The monoisotopic (exact) mass is 214 g/mol. The Bertz CT molecular complexity index is 201. The third-order valence-electron chi connectivity index (χ3n) is 2.47. The van der Waals surface area contributed by atoms with Gasteiger partial charge in [-0.15, -0.1) is 0 Å². The molecule has 2 atom stereocenters. The van der Waals surface area contributed by atoms with Crippen molar-refractivity contribution in [3.05, 3.63) is 0 Å². The zero-order valence-corrected chi connectivity index (χ0v) is 9.88. The van der Waals surface area contributed by atoms with Crippen LogP contribution in [0.15, 0.2) is 0 Å². The third-order valence-corrected chi connectivity index (χ3v) is 2.47. The molecule has 0 saturated carbocycles. The topological polar surface area (TPSA) is 50.4 Å². The standard InChI is InChI=1S/C11H22N2O2/c1-8(2)6-9(3)12-11(14)13-10-4-5-15-7-10/h8-10H,4-7H2,1-3H3,(H2,12,13,14). The van der Waals surface area contributed by atoms with Crippen LogP contribution < -0.4 is 10.6 Å². The number of hydrogen-bond acceptors (Lipinski definition) is 2. The predicted molar refractivity (Wildman–Crippen MR) is 59.8 cm³/mol. The second-order valence-corrected chi connectivity index (χ2v) is 4.71. The van der Waals surface area contributed by atoms with E-state index in [2.05, 4.69) is 24.5 Å². The fourth-order valence-corrected chi connectivity index (χ4v) is 1.87. The lowest BCUT2D eigenvalue weighted by atomic mass is 10.1. The highest BCUT2D eigenvalue weighted by atomic mass is 16.5. The van der Waals surface area contributed by atoms with Crippen LogP contribution in [0.1, 0.15) is 33.6 Å². The Labute approximate surface area is 91.8 Å². The first-order valence-corrected chi connectivity index (χ1v) is 5.72. The molecule has 2 unspecified atom stereocenters. The average Bonchev–Trinajstić information content (AvgIpc) is 2.53. The maximum Gasteiger partial charge on any atom is 0.315 e. The minimum absolute atomic E-state index is 0.0707. The van der Waals surface area contributed by atoms with Crippen LogP contribution >= 0.6 is 0 Å². The van der Waals surface area contributed by atoms with Crippen LogP contribution in [0, 0.1) is 5.92 Å². The van der Waals surface area contributed by atoms with Crippen molar-refractivity contribution in [3.63, 3.8) is 0 Å². The zero-order chi connectivity index (χ0) is 11.3. The fraction of sp³-hybridized carbons (Fsp3) is 0.909. The molecule has 1 aliphatic rings. The number of amides is 2. The fourth-order valence-electron chi connectivity index (χ4n) is 1.87. The normalized spacial score (nSPS) is 22.8. The summed E-state index contributed by atoms with van der Waals surface area (Å²) in [7, 11) is 0. The Morgan fingerprint density at radius 1 is 1.47 bits per heavy atom. The van der Waals surface area contributed by atoms with Crippen LogP contribution in [0.2, 0.25) is 0 Å². The zero-order valence-electron chi connectivity index (χ0n) is 9.88. The van der Waals surface area contributed by atoms with Crippen molar-refractivity contribution in [2.45, 2.75) is 45.7 Å². The summed E-state index contributed by atoms with van der Waals surface area (Å²) in [5.74, 6) is 0.607. The van der Waals surface area contributed by atoms with Gasteiger partial charge < -0.3 is 15.4 Å². The van der Waals surface area contributed by atoms with Gasteiger partial charge in [0, 0.05) is 12.6 Å². The number of carbonyl (C=O) groups excluding carboxylic acids is 1. The van der Waals surface area contributed by atoms with Gasteiger partial charge in [0.25, 0.3) is 0 Å². The molecule has 4 nitrogen and oxygen atoms in total.